The number of hydrogen-bond acceptors (Lipinski definition) is 5. The summed E-state index contributed by atoms with van der Waals surface area (Å²) in [5, 5.41) is 20.2. The predicted octanol–water partition coefficient (Wildman–Crippen LogP) is 3.20. The second-order valence-corrected chi connectivity index (χ2v) is 5.21. The standard InChI is InChI=1S/C16H14N4O2/c17-10-13-9-14(20(21)22)5-6-16(13)19-8-2-4-15(19)12-3-1-7-18-11-12/h1,3,5-7,9,11,15H,2,4,8H2/t15-/m1/s1. The molecule has 0 aliphatic carbocycles. The highest BCUT2D eigenvalue weighted by molar-refractivity contribution is 5.64. The molecule has 0 radical (unpaired) electrons. The first kappa shape index (κ1) is 14.0. The van der Waals surface area contributed by atoms with Crippen molar-refractivity contribution >= 4 is 11.4 Å². The van der Waals surface area contributed by atoms with Crippen LogP contribution in [0.1, 0.15) is 30.0 Å². The molecule has 2 heterocycles. The molecule has 1 saturated heterocycles. The molecule has 2 aromatic rings. The molecule has 0 unspecified atom stereocenters. The first-order valence-electron chi connectivity index (χ1n) is 7.06. The van der Waals surface area contributed by atoms with Crippen LogP contribution in [0.15, 0.2) is 42.7 Å². The Hall–Kier alpha value is -2.94. The Morgan fingerprint density at radius 1 is 1.41 bits per heavy atom. The van der Waals surface area contributed by atoms with Crippen molar-refractivity contribution in [3.8, 4) is 6.07 Å². The van der Waals surface area contributed by atoms with Crippen molar-refractivity contribution in [1.82, 2.24) is 4.98 Å². The molecule has 110 valence electrons. The molecule has 0 N–H and O–H groups in total. The van der Waals surface area contributed by atoms with Crippen LogP contribution in [-0.4, -0.2) is 16.5 Å². The summed E-state index contributed by atoms with van der Waals surface area (Å²) in [5.41, 5.74) is 2.13. The van der Waals surface area contributed by atoms with Crippen molar-refractivity contribution in [1.29, 1.82) is 5.26 Å². The van der Waals surface area contributed by atoms with E-state index in [4.69, 9.17) is 0 Å². The van der Waals surface area contributed by atoms with Crippen LogP contribution in [0.2, 0.25) is 0 Å². The van der Waals surface area contributed by atoms with E-state index in [1.807, 2.05) is 18.3 Å². The fourth-order valence-corrected chi connectivity index (χ4v) is 2.95. The summed E-state index contributed by atoms with van der Waals surface area (Å²) in [6.45, 7) is 0.825. The van der Waals surface area contributed by atoms with Gasteiger partial charge in [-0.05, 0) is 30.5 Å². The third kappa shape index (κ3) is 2.49. The Balaban J connectivity index is 2.00. The van der Waals surface area contributed by atoms with E-state index in [2.05, 4.69) is 16.0 Å². The van der Waals surface area contributed by atoms with Gasteiger partial charge in [-0.25, -0.2) is 0 Å². The van der Waals surface area contributed by atoms with E-state index in [0.29, 0.717) is 5.56 Å². The molecule has 0 saturated carbocycles. The van der Waals surface area contributed by atoms with Gasteiger partial charge >= 0.3 is 0 Å². The normalized spacial score (nSPS) is 17.2. The van der Waals surface area contributed by atoms with Gasteiger partial charge in [-0.3, -0.25) is 15.1 Å². The topological polar surface area (TPSA) is 83.1 Å². The second kappa shape index (κ2) is 5.82. The summed E-state index contributed by atoms with van der Waals surface area (Å²) < 4.78 is 0. The van der Waals surface area contributed by atoms with Crippen molar-refractivity contribution in [3.05, 3.63) is 64.0 Å². The van der Waals surface area contributed by atoms with Gasteiger partial charge in [-0.15, -0.1) is 0 Å². The molecule has 1 atom stereocenters. The lowest BCUT2D eigenvalue weighted by atomic mass is 10.1. The largest absolute Gasteiger partial charge is 0.363 e. The number of nitro benzene ring substituents is 1. The van der Waals surface area contributed by atoms with E-state index < -0.39 is 4.92 Å². The lowest BCUT2D eigenvalue weighted by molar-refractivity contribution is -0.384. The molecule has 1 aliphatic heterocycles. The fourth-order valence-electron chi connectivity index (χ4n) is 2.95. The Labute approximate surface area is 127 Å². The summed E-state index contributed by atoms with van der Waals surface area (Å²) in [6.07, 6.45) is 5.56. The van der Waals surface area contributed by atoms with E-state index >= 15 is 0 Å². The van der Waals surface area contributed by atoms with E-state index in [-0.39, 0.29) is 11.7 Å². The van der Waals surface area contributed by atoms with Crippen LogP contribution in [0.25, 0.3) is 0 Å². The van der Waals surface area contributed by atoms with Crippen molar-refractivity contribution in [3.63, 3.8) is 0 Å². The highest BCUT2D eigenvalue weighted by Crippen LogP contribution is 2.38. The lowest BCUT2D eigenvalue weighted by Crippen LogP contribution is -2.23. The number of aromatic nitrogens is 1. The van der Waals surface area contributed by atoms with E-state index in [1.54, 1.807) is 12.3 Å². The van der Waals surface area contributed by atoms with Gasteiger partial charge < -0.3 is 4.90 Å². The van der Waals surface area contributed by atoms with Crippen LogP contribution in [0.3, 0.4) is 0 Å². The maximum absolute atomic E-state index is 10.9. The lowest BCUT2D eigenvalue weighted by Gasteiger charge is -2.27. The number of hydrogen-bond donors (Lipinski definition) is 0. The second-order valence-electron chi connectivity index (χ2n) is 5.21. The molecule has 6 nitrogen and oxygen atoms in total. The van der Waals surface area contributed by atoms with E-state index in [1.165, 1.54) is 12.1 Å². The minimum absolute atomic E-state index is 0.0579. The number of nitrogens with zero attached hydrogens (tertiary/aromatic N) is 4. The fraction of sp³-hybridized carbons (Fsp3) is 0.250. The van der Waals surface area contributed by atoms with Crippen LogP contribution < -0.4 is 4.90 Å². The molecule has 0 bridgehead atoms. The molecule has 1 aromatic carbocycles. The van der Waals surface area contributed by atoms with E-state index in [9.17, 15) is 15.4 Å². The quantitative estimate of drug-likeness (QED) is 0.641. The van der Waals surface area contributed by atoms with Crippen LogP contribution in [0.4, 0.5) is 11.4 Å². The summed E-state index contributed by atoms with van der Waals surface area (Å²) in [4.78, 5) is 16.7. The zero-order chi connectivity index (χ0) is 15.5. The Morgan fingerprint density at radius 3 is 2.95 bits per heavy atom. The van der Waals surface area contributed by atoms with Gasteiger partial charge in [-0.1, -0.05) is 6.07 Å². The number of nitro groups is 1. The number of rotatable bonds is 3. The first-order chi connectivity index (χ1) is 10.7. The maximum Gasteiger partial charge on any atom is 0.270 e. The highest BCUT2D eigenvalue weighted by atomic mass is 16.6. The molecule has 3 rings (SSSR count). The summed E-state index contributed by atoms with van der Waals surface area (Å²) >= 11 is 0. The minimum Gasteiger partial charge on any atom is -0.363 e. The summed E-state index contributed by atoms with van der Waals surface area (Å²) in [5.74, 6) is 0. The first-order valence-corrected chi connectivity index (χ1v) is 7.06. The monoisotopic (exact) mass is 294 g/mol. The van der Waals surface area contributed by atoms with Crippen molar-refractivity contribution < 1.29 is 4.92 Å². The minimum atomic E-state index is -0.479. The molecule has 6 heteroatoms. The average molecular weight is 294 g/mol. The number of nitriles is 1. The van der Waals surface area contributed by atoms with Crippen LogP contribution in [-0.2, 0) is 0 Å². The van der Waals surface area contributed by atoms with Crippen molar-refractivity contribution in [2.24, 2.45) is 0 Å². The smallest absolute Gasteiger partial charge is 0.270 e. The zero-order valence-corrected chi connectivity index (χ0v) is 11.8. The number of non-ortho nitro benzene ring substituents is 1. The molecule has 1 aromatic heterocycles. The van der Waals surface area contributed by atoms with Gasteiger partial charge in [0.2, 0.25) is 0 Å². The molecule has 22 heavy (non-hydrogen) atoms. The van der Waals surface area contributed by atoms with Gasteiger partial charge in [0.05, 0.1) is 22.2 Å². The molecular weight excluding hydrogens is 280 g/mol. The molecular formula is C16H14N4O2. The predicted molar refractivity (Wildman–Crippen MR) is 81.4 cm³/mol. The summed E-state index contributed by atoms with van der Waals surface area (Å²) in [6, 6.07) is 10.6. The third-order valence-corrected chi connectivity index (χ3v) is 3.94. The van der Waals surface area contributed by atoms with Gasteiger partial charge in [0, 0.05) is 31.1 Å². The van der Waals surface area contributed by atoms with E-state index in [0.717, 1.165) is 30.6 Å². The molecule has 1 aliphatic rings. The SMILES string of the molecule is N#Cc1cc([N+](=O)[O-])ccc1N1CCC[C@@H]1c1cccnc1. The van der Waals surface area contributed by atoms with Gasteiger partial charge in [-0.2, -0.15) is 5.26 Å². The van der Waals surface area contributed by atoms with Gasteiger partial charge in [0.25, 0.3) is 5.69 Å². The molecule has 1 fully saturated rings. The molecule has 0 spiro atoms. The van der Waals surface area contributed by atoms with Crippen LogP contribution in [0, 0.1) is 21.4 Å². The molecule has 0 amide bonds. The van der Waals surface area contributed by atoms with Crippen molar-refractivity contribution in [2.75, 3.05) is 11.4 Å². The number of pyridine rings is 1. The van der Waals surface area contributed by atoms with Gasteiger partial charge in [0.15, 0.2) is 0 Å². The van der Waals surface area contributed by atoms with Crippen molar-refractivity contribution in [2.45, 2.75) is 18.9 Å². The number of anilines is 1. The maximum atomic E-state index is 10.9. The average Bonchev–Trinajstić information content (AvgIpc) is 3.04. The Kier molecular flexibility index (Phi) is 3.71. The third-order valence-electron chi connectivity index (χ3n) is 3.94. The summed E-state index contributed by atoms with van der Waals surface area (Å²) in [7, 11) is 0. The van der Waals surface area contributed by atoms with Crippen LogP contribution in [0.5, 0.6) is 0 Å². The zero-order valence-electron chi connectivity index (χ0n) is 11.8. The Morgan fingerprint density at radius 2 is 2.27 bits per heavy atom. The highest BCUT2D eigenvalue weighted by Gasteiger charge is 2.28. The van der Waals surface area contributed by atoms with Gasteiger partial charge in [0.1, 0.15) is 6.07 Å². The Bertz CT molecular complexity index is 740. The van der Waals surface area contributed by atoms with Crippen LogP contribution >= 0.6 is 0 Å². The number of benzene rings is 1.